The molecule has 1 atom stereocenters. The minimum atomic E-state index is -3.34. The van der Waals surface area contributed by atoms with Gasteiger partial charge in [0.05, 0.1) is 23.4 Å². The van der Waals surface area contributed by atoms with E-state index in [1.165, 1.54) is 18.3 Å². The number of hydrogen-bond acceptors (Lipinski definition) is 10. The summed E-state index contributed by atoms with van der Waals surface area (Å²) in [6.45, 7) is 4.71. The quantitative estimate of drug-likeness (QED) is 0.161. The monoisotopic (exact) mass is 613 g/mol. The van der Waals surface area contributed by atoms with Crippen molar-refractivity contribution in [3.63, 3.8) is 0 Å². The molecule has 2 fully saturated rings. The lowest BCUT2D eigenvalue weighted by molar-refractivity contribution is -0.157. The molecule has 232 valence electrons. The van der Waals surface area contributed by atoms with Crippen LogP contribution >= 0.6 is 0 Å². The molecule has 2 aromatic rings. The lowest BCUT2D eigenvalue weighted by Crippen LogP contribution is -2.26. The van der Waals surface area contributed by atoms with Crippen LogP contribution in [0.4, 0.5) is 0 Å². The number of pyridine rings is 1. The van der Waals surface area contributed by atoms with E-state index in [1.54, 1.807) is 38.1 Å². The maximum atomic E-state index is 13.5. The van der Waals surface area contributed by atoms with Crippen LogP contribution in [0.3, 0.4) is 0 Å². The minimum absolute atomic E-state index is 0.00739. The molecule has 1 aliphatic heterocycles. The molecule has 0 N–H and O–H groups in total. The molecule has 1 saturated heterocycles. The molecule has 1 aromatic carbocycles. The van der Waals surface area contributed by atoms with Crippen LogP contribution in [0.2, 0.25) is 0 Å². The number of sulfone groups is 1. The van der Waals surface area contributed by atoms with Crippen molar-refractivity contribution < 1.29 is 41.8 Å². The summed E-state index contributed by atoms with van der Waals surface area (Å²) in [4.78, 5) is 55.8. The lowest BCUT2D eigenvalue weighted by Gasteiger charge is -2.26. The van der Waals surface area contributed by atoms with Gasteiger partial charge in [0.1, 0.15) is 11.5 Å². The Morgan fingerprint density at radius 1 is 0.860 bits per heavy atom. The molecule has 1 aliphatic carbocycles. The average Bonchev–Trinajstić information content (AvgIpc) is 3.87. The summed E-state index contributed by atoms with van der Waals surface area (Å²) in [5.74, 6) is -3.47. The van der Waals surface area contributed by atoms with Crippen LogP contribution < -0.4 is 0 Å². The van der Waals surface area contributed by atoms with Crippen LogP contribution in [0.1, 0.15) is 92.2 Å². The van der Waals surface area contributed by atoms with Crippen LogP contribution in [0.25, 0.3) is 0 Å². The van der Waals surface area contributed by atoms with E-state index in [1.807, 2.05) is 0 Å². The maximum absolute atomic E-state index is 13.5. The Bertz CT molecular complexity index is 1380. The second kappa shape index (κ2) is 14.8. The summed E-state index contributed by atoms with van der Waals surface area (Å²) < 4.78 is 40.8. The van der Waals surface area contributed by atoms with Gasteiger partial charge in [0.2, 0.25) is 0 Å². The fourth-order valence-corrected chi connectivity index (χ4v) is 6.99. The zero-order chi connectivity index (χ0) is 31.0. The zero-order valence-electron chi connectivity index (χ0n) is 24.7. The van der Waals surface area contributed by atoms with Crippen molar-refractivity contribution >= 4 is 33.3 Å². The van der Waals surface area contributed by atoms with E-state index >= 15 is 0 Å². The highest BCUT2D eigenvalue weighted by Crippen LogP contribution is 2.36. The van der Waals surface area contributed by atoms with E-state index in [9.17, 15) is 27.6 Å². The van der Waals surface area contributed by atoms with Crippen LogP contribution in [-0.4, -0.2) is 68.6 Å². The van der Waals surface area contributed by atoms with E-state index in [2.05, 4.69) is 4.98 Å². The number of carbonyl (C=O) groups is 4. The van der Waals surface area contributed by atoms with Crippen molar-refractivity contribution in [2.45, 2.75) is 80.8 Å². The standard InChI is InChI=1S/C32H39NO9S/c1-3-41-31(36)30(32(37)42-4-2)23-7-12-27(33-20-23)29(35)14-13-28(34)26(19-21-15-17-40-18-16-21)22-5-8-24(9-6-22)43(38,39)25-10-11-25/h5-9,12,20-21,25-26,30H,3-4,10-11,13-19H2,1-2H3. The van der Waals surface area contributed by atoms with Crippen molar-refractivity contribution in [3.8, 4) is 0 Å². The van der Waals surface area contributed by atoms with E-state index in [0.717, 1.165) is 18.4 Å². The molecule has 43 heavy (non-hydrogen) atoms. The van der Waals surface area contributed by atoms with Gasteiger partial charge in [-0.3, -0.25) is 24.2 Å². The molecule has 2 aliphatic rings. The molecule has 0 radical (unpaired) electrons. The number of hydrogen-bond donors (Lipinski definition) is 0. The molecule has 1 saturated carbocycles. The third-order valence-corrected chi connectivity index (χ3v) is 10.2. The summed E-state index contributed by atoms with van der Waals surface area (Å²) in [5, 5.41) is -0.312. The van der Waals surface area contributed by atoms with Gasteiger partial charge in [-0.1, -0.05) is 18.2 Å². The zero-order valence-corrected chi connectivity index (χ0v) is 25.5. The largest absolute Gasteiger partial charge is 0.465 e. The number of aromatic nitrogens is 1. The van der Waals surface area contributed by atoms with E-state index < -0.39 is 33.6 Å². The van der Waals surface area contributed by atoms with Gasteiger partial charge < -0.3 is 14.2 Å². The number of carbonyl (C=O) groups excluding carboxylic acids is 4. The molecule has 11 heteroatoms. The van der Waals surface area contributed by atoms with Crippen LogP contribution in [0.15, 0.2) is 47.5 Å². The van der Waals surface area contributed by atoms with Gasteiger partial charge >= 0.3 is 11.9 Å². The second-order valence-corrected chi connectivity index (χ2v) is 13.2. The third kappa shape index (κ3) is 8.35. The first kappa shape index (κ1) is 32.5. The van der Waals surface area contributed by atoms with Gasteiger partial charge in [0.15, 0.2) is 21.5 Å². The first-order chi connectivity index (χ1) is 20.6. The normalized spacial score (nSPS) is 16.4. The highest BCUT2D eigenvalue weighted by molar-refractivity contribution is 7.92. The summed E-state index contributed by atoms with van der Waals surface area (Å²) in [6, 6.07) is 9.51. The van der Waals surface area contributed by atoms with Crippen LogP contribution in [0, 0.1) is 5.92 Å². The lowest BCUT2D eigenvalue weighted by atomic mass is 9.81. The number of esters is 2. The van der Waals surface area contributed by atoms with Gasteiger partial charge in [0, 0.05) is 38.2 Å². The highest BCUT2D eigenvalue weighted by atomic mass is 32.2. The summed E-state index contributed by atoms with van der Waals surface area (Å²) in [7, 11) is -3.34. The predicted octanol–water partition coefficient (Wildman–Crippen LogP) is 4.36. The Balaban J connectivity index is 1.44. The van der Waals surface area contributed by atoms with Crippen molar-refractivity contribution in [1.82, 2.24) is 4.98 Å². The van der Waals surface area contributed by atoms with E-state index in [-0.39, 0.29) is 64.9 Å². The predicted molar refractivity (Wildman–Crippen MR) is 156 cm³/mol. The van der Waals surface area contributed by atoms with Crippen LogP contribution in [0.5, 0.6) is 0 Å². The second-order valence-electron chi connectivity index (χ2n) is 11.0. The summed E-state index contributed by atoms with van der Waals surface area (Å²) >= 11 is 0. The van der Waals surface area contributed by atoms with Gasteiger partial charge in [-0.15, -0.1) is 0 Å². The number of rotatable bonds is 15. The molecule has 0 spiro atoms. The molecule has 4 rings (SSSR count). The summed E-state index contributed by atoms with van der Waals surface area (Å²) in [6.07, 6.45) is 4.84. The Labute approximate surface area is 252 Å². The number of ketones is 2. The van der Waals surface area contributed by atoms with Crippen LogP contribution in [-0.2, 0) is 38.4 Å². The molecule has 0 bridgehead atoms. The first-order valence-corrected chi connectivity index (χ1v) is 16.5. The number of benzene rings is 1. The summed E-state index contributed by atoms with van der Waals surface area (Å²) in [5.41, 5.74) is 1.09. The fourth-order valence-electron chi connectivity index (χ4n) is 5.33. The van der Waals surface area contributed by atoms with Gasteiger partial charge in [-0.05, 0) is 81.2 Å². The number of ether oxygens (including phenoxy) is 3. The SMILES string of the molecule is CCOC(=O)C(C(=O)OCC)c1ccc(C(=O)CCC(=O)C(CC2CCOCC2)c2ccc(S(=O)(=O)C3CC3)cc2)nc1. The van der Waals surface area contributed by atoms with Gasteiger partial charge in [-0.25, -0.2) is 8.42 Å². The Kier molecular flexibility index (Phi) is 11.2. The van der Waals surface area contributed by atoms with Gasteiger partial charge in [0.25, 0.3) is 0 Å². The first-order valence-electron chi connectivity index (χ1n) is 14.9. The molecular formula is C32H39NO9S. The highest BCUT2D eigenvalue weighted by Gasteiger charge is 2.37. The molecule has 1 unspecified atom stereocenters. The van der Waals surface area contributed by atoms with Crippen molar-refractivity contribution in [1.29, 1.82) is 0 Å². The molecule has 10 nitrogen and oxygen atoms in total. The maximum Gasteiger partial charge on any atom is 0.324 e. The van der Waals surface area contributed by atoms with Crippen molar-refractivity contribution in [2.75, 3.05) is 26.4 Å². The Hall–Kier alpha value is -3.44. The molecular weight excluding hydrogens is 574 g/mol. The minimum Gasteiger partial charge on any atom is -0.465 e. The van der Waals surface area contributed by atoms with E-state index in [0.29, 0.717) is 32.5 Å². The molecule has 2 heterocycles. The number of nitrogens with zero attached hydrogens (tertiary/aromatic N) is 1. The van der Waals surface area contributed by atoms with E-state index in [4.69, 9.17) is 14.2 Å². The third-order valence-electron chi connectivity index (χ3n) is 7.92. The smallest absolute Gasteiger partial charge is 0.324 e. The molecule has 1 aromatic heterocycles. The van der Waals surface area contributed by atoms with Crippen molar-refractivity contribution in [2.24, 2.45) is 5.92 Å². The topological polar surface area (TPSA) is 143 Å². The Morgan fingerprint density at radius 2 is 1.47 bits per heavy atom. The van der Waals surface area contributed by atoms with Gasteiger partial charge in [-0.2, -0.15) is 0 Å². The fraction of sp³-hybridized carbons (Fsp3) is 0.531. The van der Waals surface area contributed by atoms with Crippen molar-refractivity contribution in [3.05, 3.63) is 59.4 Å². The Morgan fingerprint density at radius 3 is 2.00 bits per heavy atom. The molecule has 0 amide bonds. The average molecular weight is 614 g/mol. The number of Topliss-reactive ketones (excluding diaryl/α,β-unsaturated/α-hetero) is 2.